The van der Waals surface area contributed by atoms with Gasteiger partial charge >= 0.3 is 0 Å². The van der Waals surface area contributed by atoms with Crippen LogP contribution in [-0.2, 0) is 0 Å². The van der Waals surface area contributed by atoms with Crippen LogP contribution in [0.5, 0.6) is 0 Å². The van der Waals surface area contributed by atoms with Crippen molar-refractivity contribution in [3.05, 3.63) is 0 Å². The highest BCUT2D eigenvalue weighted by atomic mass is 15.2. The number of nitrogens with zero attached hydrogens (tertiary/aromatic N) is 1. The summed E-state index contributed by atoms with van der Waals surface area (Å²) in [6.07, 6.45) is 0. The molecule has 1 fully saturated rings. The van der Waals surface area contributed by atoms with E-state index < -0.39 is 0 Å². The van der Waals surface area contributed by atoms with Crippen LogP contribution in [0.2, 0.25) is 0 Å². The molecule has 2 nitrogen and oxygen atoms in total. The van der Waals surface area contributed by atoms with Crippen LogP contribution in [0, 0.1) is 0 Å². The topological polar surface area (TPSA) is 15.3 Å². The SMILES string of the molecule is CCN1[C@H](C)CNC[C@@H]1C. The fraction of sp³-hybridized carbons (Fsp3) is 1.00. The number of piperazine rings is 1. The smallest absolute Gasteiger partial charge is 0.0195 e. The molecule has 10 heavy (non-hydrogen) atoms. The van der Waals surface area contributed by atoms with Crippen LogP contribution >= 0.6 is 0 Å². The molecule has 1 aliphatic heterocycles. The maximum atomic E-state index is 3.41. The molecular formula is C8H18N2. The molecule has 0 saturated carbocycles. The Bertz CT molecular complexity index is 93.4. The molecule has 0 aromatic carbocycles. The van der Waals surface area contributed by atoms with Gasteiger partial charge in [0.2, 0.25) is 0 Å². The van der Waals surface area contributed by atoms with Crippen LogP contribution in [0.4, 0.5) is 0 Å². The first-order valence-corrected chi connectivity index (χ1v) is 4.22. The van der Waals surface area contributed by atoms with E-state index >= 15 is 0 Å². The minimum atomic E-state index is 0.716. The fourth-order valence-corrected chi connectivity index (χ4v) is 1.79. The van der Waals surface area contributed by atoms with Gasteiger partial charge < -0.3 is 5.32 Å². The summed E-state index contributed by atoms with van der Waals surface area (Å²) in [6, 6.07) is 1.43. The van der Waals surface area contributed by atoms with Crippen LogP contribution in [0.15, 0.2) is 0 Å². The molecule has 0 bridgehead atoms. The van der Waals surface area contributed by atoms with E-state index in [1.807, 2.05) is 0 Å². The summed E-state index contributed by atoms with van der Waals surface area (Å²) in [5.74, 6) is 0. The van der Waals surface area contributed by atoms with Crippen molar-refractivity contribution >= 4 is 0 Å². The summed E-state index contributed by atoms with van der Waals surface area (Å²) < 4.78 is 0. The minimum Gasteiger partial charge on any atom is -0.314 e. The van der Waals surface area contributed by atoms with Crippen molar-refractivity contribution in [2.75, 3.05) is 19.6 Å². The number of likely N-dealkylation sites (N-methyl/N-ethyl adjacent to an activating group) is 1. The van der Waals surface area contributed by atoms with Gasteiger partial charge in [-0.1, -0.05) is 6.92 Å². The molecule has 0 radical (unpaired) electrons. The molecule has 0 aromatic rings. The molecule has 1 rings (SSSR count). The van der Waals surface area contributed by atoms with Gasteiger partial charge in [0.1, 0.15) is 0 Å². The lowest BCUT2D eigenvalue weighted by Gasteiger charge is -2.38. The van der Waals surface area contributed by atoms with E-state index in [0.717, 1.165) is 13.1 Å². The highest BCUT2D eigenvalue weighted by molar-refractivity contribution is 4.81. The first kappa shape index (κ1) is 8.02. The third-order valence-corrected chi connectivity index (χ3v) is 2.38. The lowest BCUT2D eigenvalue weighted by molar-refractivity contribution is 0.124. The number of hydrogen-bond acceptors (Lipinski definition) is 2. The predicted octanol–water partition coefficient (Wildman–Crippen LogP) is 0.689. The maximum absolute atomic E-state index is 3.41. The van der Waals surface area contributed by atoms with Crippen molar-refractivity contribution in [2.24, 2.45) is 0 Å². The minimum absolute atomic E-state index is 0.716. The molecule has 2 heteroatoms. The third-order valence-electron chi connectivity index (χ3n) is 2.38. The fourth-order valence-electron chi connectivity index (χ4n) is 1.79. The number of rotatable bonds is 1. The first-order chi connectivity index (χ1) is 4.75. The summed E-state index contributed by atoms with van der Waals surface area (Å²) in [5.41, 5.74) is 0. The molecule has 60 valence electrons. The van der Waals surface area contributed by atoms with Crippen molar-refractivity contribution in [1.82, 2.24) is 10.2 Å². The lowest BCUT2D eigenvalue weighted by atomic mass is 10.1. The van der Waals surface area contributed by atoms with Gasteiger partial charge in [0.05, 0.1) is 0 Å². The summed E-state index contributed by atoms with van der Waals surface area (Å²) in [6.45, 7) is 10.3. The zero-order valence-electron chi connectivity index (χ0n) is 7.22. The van der Waals surface area contributed by atoms with E-state index in [0.29, 0.717) is 12.1 Å². The van der Waals surface area contributed by atoms with E-state index in [2.05, 4.69) is 31.0 Å². The molecule has 2 atom stereocenters. The average molecular weight is 142 g/mol. The molecule has 1 N–H and O–H groups in total. The molecule has 0 aliphatic carbocycles. The Hall–Kier alpha value is -0.0800. The van der Waals surface area contributed by atoms with Crippen molar-refractivity contribution in [3.8, 4) is 0 Å². The van der Waals surface area contributed by atoms with Crippen LogP contribution in [0.1, 0.15) is 20.8 Å². The first-order valence-electron chi connectivity index (χ1n) is 4.22. The second-order valence-corrected chi connectivity index (χ2v) is 3.19. The highest BCUT2D eigenvalue weighted by Gasteiger charge is 2.21. The Balaban J connectivity index is 2.45. The normalized spacial score (nSPS) is 36.3. The molecule has 1 heterocycles. The molecule has 1 aliphatic rings. The lowest BCUT2D eigenvalue weighted by Crippen LogP contribution is -2.54. The van der Waals surface area contributed by atoms with Crippen molar-refractivity contribution in [3.63, 3.8) is 0 Å². The van der Waals surface area contributed by atoms with Crippen molar-refractivity contribution < 1.29 is 0 Å². The number of nitrogens with one attached hydrogen (secondary N) is 1. The van der Waals surface area contributed by atoms with Gasteiger partial charge in [0, 0.05) is 25.2 Å². The van der Waals surface area contributed by atoms with Gasteiger partial charge in [0.15, 0.2) is 0 Å². The van der Waals surface area contributed by atoms with E-state index in [9.17, 15) is 0 Å². The second kappa shape index (κ2) is 3.35. The maximum Gasteiger partial charge on any atom is 0.0195 e. The quantitative estimate of drug-likeness (QED) is 0.579. The molecule has 0 aromatic heterocycles. The summed E-state index contributed by atoms with van der Waals surface area (Å²) in [5, 5.41) is 3.41. The largest absolute Gasteiger partial charge is 0.314 e. The summed E-state index contributed by atoms with van der Waals surface area (Å²) >= 11 is 0. The van der Waals surface area contributed by atoms with Crippen LogP contribution < -0.4 is 5.32 Å². The zero-order valence-corrected chi connectivity index (χ0v) is 7.22. The van der Waals surface area contributed by atoms with Gasteiger partial charge in [0.25, 0.3) is 0 Å². The van der Waals surface area contributed by atoms with Crippen molar-refractivity contribution in [1.29, 1.82) is 0 Å². The Labute approximate surface area is 63.6 Å². The highest BCUT2D eigenvalue weighted by Crippen LogP contribution is 2.07. The Morgan fingerprint density at radius 2 is 1.80 bits per heavy atom. The molecule has 0 unspecified atom stereocenters. The second-order valence-electron chi connectivity index (χ2n) is 3.19. The molecular weight excluding hydrogens is 124 g/mol. The Morgan fingerprint density at radius 3 is 2.10 bits per heavy atom. The van der Waals surface area contributed by atoms with Gasteiger partial charge in [-0.05, 0) is 20.4 Å². The van der Waals surface area contributed by atoms with E-state index in [-0.39, 0.29) is 0 Å². The molecule has 1 saturated heterocycles. The molecule has 0 spiro atoms. The van der Waals surface area contributed by atoms with Crippen LogP contribution in [-0.4, -0.2) is 36.6 Å². The zero-order chi connectivity index (χ0) is 7.56. The van der Waals surface area contributed by atoms with E-state index in [4.69, 9.17) is 0 Å². The predicted molar refractivity (Wildman–Crippen MR) is 44.2 cm³/mol. The Morgan fingerprint density at radius 1 is 1.30 bits per heavy atom. The monoisotopic (exact) mass is 142 g/mol. The number of hydrogen-bond donors (Lipinski definition) is 1. The summed E-state index contributed by atoms with van der Waals surface area (Å²) in [4.78, 5) is 2.54. The van der Waals surface area contributed by atoms with Crippen LogP contribution in [0.25, 0.3) is 0 Å². The standard InChI is InChI=1S/C8H18N2/c1-4-10-7(2)5-9-6-8(10)3/h7-9H,4-6H2,1-3H3/t7-,8+. The van der Waals surface area contributed by atoms with Gasteiger partial charge in [-0.3, -0.25) is 4.90 Å². The van der Waals surface area contributed by atoms with E-state index in [1.54, 1.807) is 0 Å². The van der Waals surface area contributed by atoms with Gasteiger partial charge in [-0.15, -0.1) is 0 Å². The average Bonchev–Trinajstić information content (AvgIpc) is 1.88. The van der Waals surface area contributed by atoms with Gasteiger partial charge in [-0.25, -0.2) is 0 Å². The third kappa shape index (κ3) is 1.50. The Kier molecular flexibility index (Phi) is 2.69. The van der Waals surface area contributed by atoms with Crippen LogP contribution in [0.3, 0.4) is 0 Å². The molecule has 0 amide bonds. The van der Waals surface area contributed by atoms with Crippen molar-refractivity contribution in [2.45, 2.75) is 32.9 Å². The van der Waals surface area contributed by atoms with E-state index in [1.165, 1.54) is 6.54 Å². The summed E-state index contributed by atoms with van der Waals surface area (Å²) in [7, 11) is 0. The van der Waals surface area contributed by atoms with Gasteiger partial charge in [-0.2, -0.15) is 0 Å².